The largest absolute Gasteiger partial charge is 0.331 e. The molecule has 0 aromatic rings. The van der Waals surface area contributed by atoms with E-state index in [1.807, 2.05) is 0 Å². The number of hydrogen-bond acceptors (Lipinski definition) is 1. The number of rotatable bonds is 6. The molecule has 12 heavy (non-hydrogen) atoms. The van der Waals surface area contributed by atoms with Crippen molar-refractivity contribution in [3.8, 4) is 0 Å². The molecular weight excluding hydrogens is 178 g/mol. The van der Waals surface area contributed by atoms with Gasteiger partial charge in [0, 0.05) is 7.59 Å². The lowest BCUT2D eigenvalue weighted by atomic mass is 10.4. The zero-order valence-electron chi connectivity index (χ0n) is 9.48. The normalized spacial score (nSPS) is 13.5. The van der Waals surface area contributed by atoms with E-state index in [1.165, 1.54) is 25.9 Å². The molecule has 1 nitrogen and oxygen atoms in total. The van der Waals surface area contributed by atoms with E-state index in [9.17, 15) is 0 Å². The van der Waals surface area contributed by atoms with Gasteiger partial charge < -0.3 is 4.57 Å². The zero-order chi connectivity index (χ0) is 9.61. The fraction of sp³-hybridized carbons (Fsp3) is 1.00. The third-order valence-electron chi connectivity index (χ3n) is 1.78. The maximum absolute atomic E-state index is 2.77. The van der Waals surface area contributed by atoms with Gasteiger partial charge in [-0.25, -0.2) is 0 Å². The van der Waals surface area contributed by atoms with Gasteiger partial charge in [-0.05, 0) is 25.9 Å². The van der Waals surface area contributed by atoms with Crippen LogP contribution in [0.15, 0.2) is 0 Å². The van der Waals surface area contributed by atoms with Crippen LogP contribution >= 0.6 is 0 Å². The molecule has 74 valence electrons. The minimum absolute atomic E-state index is 0.114. The average Bonchev–Trinajstić information content (AvgIpc) is 1.84. The second-order valence-corrected chi connectivity index (χ2v) is 18.5. The Morgan fingerprint density at radius 1 is 1.00 bits per heavy atom. The maximum Gasteiger partial charge on any atom is 0.0862 e. The van der Waals surface area contributed by atoms with Crippen molar-refractivity contribution >= 4 is 16.8 Å². The van der Waals surface area contributed by atoms with Crippen LogP contribution in [-0.4, -0.2) is 34.4 Å². The van der Waals surface area contributed by atoms with Crippen LogP contribution in [-0.2, 0) is 0 Å². The molecule has 0 atom stereocenters. The minimum Gasteiger partial charge on any atom is -0.331 e. The Hall–Kier alpha value is 0.394. The molecule has 0 amide bonds. The molecule has 0 heterocycles. The van der Waals surface area contributed by atoms with Gasteiger partial charge in [-0.15, -0.1) is 0 Å². The molecule has 0 aliphatic heterocycles. The predicted octanol–water partition coefficient (Wildman–Crippen LogP) is 2.03. The van der Waals surface area contributed by atoms with Crippen molar-refractivity contribution < 1.29 is 0 Å². The molecule has 3 heteroatoms. The molecule has 0 aromatic carbocycles. The number of nitrogens with zero attached hydrogens (tertiary/aromatic N) is 1. The Balaban J connectivity index is 3.77. The smallest absolute Gasteiger partial charge is 0.0862 e. The molecule has 0 spiro atoms. The van der Waals surface area contributed by atoms with Crippen molar-refractivity contribution in [1.29, 1.82) is 0 Å². The summed E-state index contributed by atoms with van der Waals surface area (Å²) in [4.78, 5) is 0. The van der Waals surface area contributed by atoms with E-state index >= 15 is 0 Å². The standard InChI is InChI=1S/C9H25NSi2/c1-6-8-10(9-7-2)11-12(3,4)5/h6-9,11H2,1-5H3. The van der Waals surface area contributed by atoms with Crippen LogP contribution in [0.5, 0.6) is 0 Å². The van der Waals surface area contributed by atoms with E-state index < -0.39 is 7.59 Å². The molecule has 0 saturated heterocycles. The Morgan fingerprint density at radius 3 is 1.67 bits per heavy atom. The molecule has 0 rings (SSSR count). The Labute approximate surface area is 81.2 Å². The first-order valence-electron chi connectivity index (χ1n) is 5.22. The SMILES string of the molecule is CCCN(CCC)[SiH2][Si](C)(C)C. The molecule has 0 N–H and O–H groups in total. The Kier molecular flexibility index (Phi) is 6.14. The third kappa shape index (κ3) is 7.07. The van der Waals surface area contributed by atoms with E-state index in [-0.39, 0.29) is 9.20 Å². The summed E-state index contributed by atoms with van der Waals surface area (Å²) in [5.41, 5.74) is 0. The van der Waals surface area contributed by atoms with Gasteiger partial charge in [0.1, 0.15) is 0 Å². The summed E-state index contributed by atoms with van der Waals surface area (Å²) in [6, 6.07) is 0. The van der Waals surface area contributed by atoms with Crippen molar-refractivity contribution in [2.24, 2.45) is 0 Å². The summed E-state index contributed by atoms with van der Waals surface area (Å²) >= 11 is 0. The van der Waals surface area contributed by atoms with E-state index in [0.717, 1.165) is 0 Å². The fourth-order valence-corrected chi connectivity index (χ4v) is 8.84. The van der Waals surface area contributed by atoms with E-state index in [1.54, 1.807) is 0 Å². The summed E-state index contributed by atoms with van der Waals surface area (Å²) < 4.78 is 2.77. The molecule has 0 fully saturated rings. The summed E-state index contributed by atoms with van der Waals surface area (Å²) in [5.74, 6) is 0. The van der Waals surface area contributed by atoms with Gasteiger partial charge in [0.15, 0.2) is 0 Å². The Morgan fingerprint density at radius 2 is 1.42 bits per heavy atom. The van der Waals surface area contributed by atoms with Crippen LogP contribution < -0.4 is 0 Å². The first-order valence-corrected chi connectivity index (χ1v) is 11.7. The first-order chi connectivity index (χ1) is 5.49. The van der Waals surface area contributed by atoms with Crippen LogP contribution in [0.2, 0.25) is 19.6 Å². The lowest BCUT2D eigenvalue weighted by molar-refractivity contribution is 0.446. The third-order valence-corrected chi connectivity index (χ3v) is 7.99. The average molecular weight is 203 g/mol. The lowest BCUT2D eigenvalue weighted by Gasteiger charge is -2.27. The van der Waals surface area contributed by atoms with Crippen molar-refractivity contribution in [3.63, 3.8) is 0 Å². The molecule has 0 bridgehead atoms. The van der Waals surface area contributed by atoms with Gasteiger partial charge >= 0.3 is 0 Å². The van der Waals surface area contributed by atoms with E-state index in [4.69, 9.17) is 0 Å². The van der Waals surface area contributed by atoms with Crippen LogP contribution in [0.1, 0.15) is 26.7 Å². The van der Waals surface area contributed by atoms with Gasteiger partial charge in [-0.3, -0.25) is 0 Å². The minimum atomic E-state index is -0.730. The monoisotopic (exact) mass is 203 g/mol. The van der Waals surface area contributed by atoms with Crippen molar-refractivity contribution in [1.82, 2.24) is 4.57 Å². The van der Waals surface area contributed by atoms with Crippen molar-refractivity contribution in [3.05, 3.63) is 0 Å². The fourth-order valence-electron chi connectivity index (χ4n) is 1.57. The molecule has 0 unspecified atom stereocenters. The molecular formula is C9H25NSi2. The van der Waals surface area contributed by atoms with Crippen molar-refractivity contribution in [2.75, 3.05) is 13.1 Å². The van der Waals surface area contributed by atoms with Crippen molar-refractivity contribution in [2.45, 2.75) is 46.3 Å². The van der Waals surface area contributed by atoms with Crippen LogP contribution in [0, 0.1) is 0 Å². The topological polar surface area (TPSA) is 3.24 Å². The highest BCUT2D eigenvalue weighted by Gasteiger charge is 2.17. The quantitative estimate of drug-likeness (QED) is 0.597. The zero-order valence-corrected chi connectivity index (χ0v) is 11.9. The van der Waals surface area contributed by atoms with Gasteiger partial charge in [0.25, 0.3) is 0 Å². The first kappa shape index (κ1) is 12.4. The van der Waals surface area contributed by atoms with Gasteiger partial charge in [0.05, 0.1) is 9.20 Å². The summed E-state index contributed by atoms with van der Waals surface area (Å²) in [6.45, 7) is 14.8. The van der Waals surface area contributed by atoms with Gasteiger partial charge in [-0.1, -0.05) is 33.5 Å². The summed E-state index contributed by atoms with van der Waals surface area (Å²) in [7, 11) is -0.616. The van der Waals surface area contributed by atoms with Gasteiger partial charge in [-0.2, -0.15) is 0 Å². The summed E-state index contributed by atoms with van der Waals surface area (Å²) in [6.07, 6.45) is 2.66. The van der Waals surface area contributed by atoms with E-state index in [2.05, 4.69) is 38.1 Å². The van der Waals surface area contributed by atoms with Crippen LogP contribution in [0.3, 0.4) is 0 Å². The lowest BCUT2D eigenvalue weighted by Crippen LogP contribution is -2.44. The predicted molar refractivity (Wildman–Crippen MR) is 64.0 cm³/mol. The molecule has 0 aliphatic carbocycles. The highest BCUT2D eigenvalue weighted by molar-refractivity contribution is 7.22. The van der Waals surface area contributed by atoms with Crippen LogP contribution in [0.25, 0.3) is 0 Å². The second kappa shape index (κ2) is 5.94. The molecule has 0 saturated carbocycles. The molecule has 0 aliphatic rings. The van der Waals surface area contributed by atoms with E-state index in [0.29, 0.717) is 0 Å². The maximum atomic E-state index is 2.77. The number of hydrogen-bond donors (Lipinski definition) is 0. The summed E-state index contributed by atoms with van der Waals surface area (Å²) in [5, 5.41) is 0. The Bertz CT molecular complexity index is 104. The molecule has 0 aromatic heterocycles. The van der Waals surface area contributed by atoms with Gasteiger partial charge in [0.2, 0.25) is 0 Å². The second-order valence-electron chi connectivity index (χ2n) is 4.84. The van der Waals surface area contributed by atoms with Crippen LogP contribution in [0.4, 0.5) is 0 Å². The highest BCUT2D eigenvalue weighted by Crippen LogP contribution is 2.02. The molecule has 0 radical (unpaired) electrons. The highest BCUT2D eigenvalue weighted by atomic mass is 29.2.